The van der Waals surface area contributed by atoms with Crippen molar-refractivity contribution in [2.45, 2.75) is 25.4 Å². The summed E-state index contributed by atoms with van der Waals surface area (Å²) in [6.07, 6.45) is 0. The number of aryl methyl sites for hydroxylation is 2. The number of thiazole rings is 1. The second kappa shape index (κ2) is 6.06. The third-order valence-electron chi connectivity index (χ3n) is 2.49. The molecule has 0 aliphatic heterocycles. The lowest BCUT2D eigenvalue weighted by molar-refractivity contribution is 0.681. The molecule has 0 N–H and O–H groups in total. The minimum absolute atomic E-state index is 0.391. The molecule has 2 rings (SSSR count). The molecule has 0 aromatic carbocycles. The Kier molecular flexibility index (Phi) is 4.64. The van der Waals surface area contributed by atoms with Crippen molar-refractivity contribution >= 4 is 38.8 Å². The van der Waals surface area contributed by atoms with Crippen molar-refractivity contribution in [3.63, 3.8) is 0 Å². The molecule has 0 radical (unpaired) electrons. The number of aromatic nitrogens is 3. The van der Waals surface area contributed by atoms with Gasteiger partial charge in [0.25, 0.3) is 0 Å². The average Bonchev–Trinajstić information content (AvgIpc) is 2.87. The smallest absolute Gasteiger partial charge is 0.204 e. The number of anilines is 1. The molecule has 0 fully saturated rings. The highest BCUT2D eigenvalue weighted by Crippen LogP contribution is 2.19. The molecule has 0 saturated carbocycles. The fourth-order valence-corrected chi connectivity index (χ4v) is 4.32. The molecule has 0 spiro atoms. The maximum Gasteiger partial charge on any atom is 0.204 e. The van der Waals surface area contributed by atoms with E-state index in [4.69, 9.17) is 0 Å². The Hall–Kier alpha value is -0.860. The fraction of sp³-hybridized carbons (Fsp3) is 0.545. The summed E-state index contributed by atoms with van der Waals surface area (Å²) >= 11 is 2.94. The van der Waals surface area contributed by atoms with E-state index >= 15 is 0 Å². The first-order chi connectivity index (χ1) is 8.95. The highest BCUT2D eigenvalue weighted by molar-refractivity contribution is 7.83. The number of rotatable bonds is 5. The van der Waals surface area contributed by atoms with Crippen LogP contribution in [0.3, 0.4) is 0 Å². The quantitative estimate of drug-likeness (QED) is 0.846. The van der Waals surface area contributed by atoms with E-state index in [1.54, 1.807) is 11.3 Å². The molecule has 2 aromatic heterocycles. The third kappa shape index (κ3) is 3.80. The van der Waals surface area contributed by atoms with Crippen molar-refractivity contribution in [3.05, 3.63) is 21.4 Å². The fourth-order valence-electron chi connectivity index (χ4n) is 1.42. The maximum absolute atomic E-state index is 12.1. The minimum Gasteiger partial charge on any atom is -0.353 e. The van der Waals surface area contributed by atoms with Crippen LogP contribution in [0.25, 0.3) is 0 Å². The molecule has 104 valence electrons. The zero-order valence-electron chi connectivity index (χ0n) is 11.3. The second-order valence-electron chi connectivity index (χ2n) is 4.37. The predicted octanol–water partition coefficient (Wildman–Crippen LogP) is 2.13. The van der Waals surface area contributed by atoms with Crippen molar-refractivity contribution in [1.82, 2.24) is 14.3 Å². The summed E-state index contributed by atoms with van der Waals surface area (Å²) in [5.74, 6) is 1.52. The summed E-state index contributed by atoms with van der Waals surface area (Å²) in [6, 6.07) is 0. The summed E-state index contributed by atoms with van der Waals surface area (Å²) < 4.78 is 16.3. The van der Waals surface area contributed by atoms with Crippen LogP contribution in [0.5, 0.6) is 0 Å². The van der Waals surface area contributed by atoms with Crippen molar-refractivity contribution < 1.29 is 4.21 Å². The van der Waals surface area contributed by atoms with E-state index in [0.717, 1.165) is 15.8 Å². The molecule has 0 aliphatic rings. The molecule has 0 aliphatic carbocycles. The number of hydrogen-bond donors (Lipinski definition) is 0. The monoisotopic (exact) mass is 316 g/mol. The van der Waals surface area contributed by atoms with E-state index in [1.165, 1.54) is 16.4 Å². The van der Waals surface area contributed by atoms with Crippen LogP contribution < -0.4 is 4.90 Å². The van der Waals surface area contributed by atoms with Gasteiger partial charge in [0.15, 0.2) is 5.82 Å². The van der Waals surface area contributed by atoms with E-state index in [1.807, 2.05) is 32.8 Å². The van der Waals surface area contributed by atoms with Gasteiger partial charge in [-0.2, -0.15) is 4.37 Å². The lowest BCUT2D eigenvalue weighted by atomic mass is 10.4. The van der Waals surface area contributed by atoms with Gasteiger partial charge in [-0.05, 0) is 13.8 Å². The van der Waals surface area contributed by atoms with Gasteiger partial charge in [0, 0.05) is 41.3 Å². The molecule has 5 nitrogen and oxygen atoms in total. The van der Waals surface area contributed by atoms with Crippen LogP contribution in [-0.4, -0.2) is 32.6 Å². The molecular formula is C11H16N4OS3. The van der Waals surface area contributed by atoms with Crippen LogP contribution in [0.15, 0.2) is 0 Å². The van der Waals surface area contributed by atoms with Gasteiger partial charge in [0.1, 0.15) is 5.01 Å². The van der Waals surface area contributed by atoms with Crippen molar-refractivity contribution in [3.8, 4) is 0 Å². The zero-order chi connectivity index (χ0) is 14.0. The standard InChI is InChI=1S/C11H16N4OS3/c1-7-8(2)17-10(12-7)6-19(16)5-9-13-11(15(3)4)18-14-9/h5-6H2,1-4H3. The Balaban J connectivity index is 1.97. The van der Waals surface area contributed by atoms with Crippen molar-refractivity contribution in [2.24, 2.45) is 0 Å². The third-order valence-corrected chi connectivity index (χ3v) is 5.84. The van der Waals surface area contributed by atoms with Crippen LogP contribution in [-0.2, 0) is 22.3 Å². The summed E-state index contributed by atoms with van der Waals surface area (Å²) in [5.41, 5.74) is 1.03. The Morgan fingerprint density at radius 2 is 1.95 bits per heavy atom. The topological polar surface area (TPSA) is 59.0 Å². The van der Waals surface area contributed by atoms with Gasteiger partial charge < -0.3 is 4.90 Å². The van der Waals surface area contributed by atoms with Gasteiger partial charge in [-0.25, -0.2) is 9.97 Å². The van der Waals surface area contributed by atoms with Gasteiger partial charge in [0.05, 0.1) is 17.2 Å². The minimum atomic E-state index is -1.01. The Labute approximate surface area is 123 Å². The van der Waals surface area contributed by atoms with E-state index < -0.39 is 10.8 Å². The van der Waals surface area contributed by atoms with Crippen LogP contribution >= 0.6 is 22.9 Å². The van der Waals surface area contributed by atoms with Crippen molar-refractivity contribution in [2.75, 3.05) is 19.0 Å². The highest BCUT2D eigenvalue weighted by atomic mass is 32.2. The Morgan fingerprint density at radius 1 is 1.21 bits per heavy atom. The number of nitrogens with zero attached hydrogens (tertiary/aromatic N) is 4. The van der Waals surface area contributed by atoms with Gasteiger partial charge in [-0.1, -0.05) is 0 Å². The normalized spacial score (nSPS) is 12.6. The Morgan fingerprint density at radius 3 is 2.47 bits per heavy atom. The van der Waals surface area contributed by atoms with E-state index in [0.29, 0.717) is 17.3 Å². The summed E-state index contributed by atoms with van der Waals surface area (Å²) in [6.45, 7) is 4.01. The molecule has 19 heavy (non-hydrogen) atoms. The SMILES string of the molecule is Cc1nc(CS(=O)Cc2nsc(N(C)C)n2)sc1C. The lowest BCUT2D eigenvalue weighted by Gasteiger charge is -2.04. The summed E-state index contributed by atoms with van der Waals surface area (Å²) in [5, 5.41) is 1.77. The zero-order valence-corrected chi connectivity index (χ0v) is 13.8. The maximum atomic E-state index is 12.1. The van der Waals surface area contributed by atoms with Crippen molar-refractivity contribution in [1.29, 1.82) is 0 Å². The lowest BCUT2D eigenvalue weighted by Crippen LogP contribution is -2.08. The van der Waals surface area contributed by atoms with Crippen LogP contribution in [0.1, 0.15) is 21.4 Å². The molecule has 2 aromatic rings. The Bertz CT molecular complexity index is 571. The van der Waals surface area contributed by atoms with Gasteiger partial charge in [0.2, 0.25) is 5.13 Å². The van der Waals surface area contributed by atoms with Crippen LogP contribution in [0.2, 0.25) is 0 Å². The van der Waals surface area contributed by atoms with Gasteiger partial charge >= 0.3 is 0 Å². The molecule has 1 atom stereocenters. The van der Waals surface area contributed by atoms with E-state index in [-0.39, 0.29) is 0 Å². The van der Waals surface area contributed by atoms with Gasteiger partial charge in [-0.3, -0.25) is 4.21 Å². The molecule has 0 bridgehead atoms. The van der Waals surface area contributed by atoms with Crippen LogP contribution in [0, 0.1) is 13.8 Å². The van der Waals surface area contributed by atoms with E-state index in [2.05, 4.69) is 14.3 Å². The highest BCUT2D eigenvalue weighted by Gasteiger charge is 2.12. The molecule has 0 saturated heterocycles. The average molecular weight is 316 g/mol. The first-order valence-corrected chi connectivity index (χ1v) is 8.81. The second-order valence-corrected chi connectivity index (χ2v) is 7.84. The first kappa shape index (κ1) is 14.5. The predicted molar refractivity (Wildman–Crippen MR) is 81.4 cm³/mol. The number of hydrogen-bond acceptors (Lipinski definition) is 7. The largest absolute Gasteiger partial charge is 0.353 e. The molecule has 0 amide bonds. The molecule has 2 heterocycles. The molecule has 8 heteroatoms. The van der Waals surface area contributed by atoms with Crippen LogP contribution in [0.4, 0.5) is 5.13 Å². The summed E-state index contributed by atoms with van der Waals surface area (Å²) in [7, 11) is 2.83. The molecular weight excluding hydrogens is 300 g/mol. The summed E-state index contributed by atoms with van der Waals surface area (Å²) in [4.78, 5) is 11.8. The van der Waals surface area contributed by atoms with Gasteiger partial charge in [-0.15, -0.1) is 11.3 Å². The molecule has 1 unspecified atom stereocenters. The first-order valence-electron chi connectivity index (χ1n) is 5.73. The van der Waals surface area contributed by atoms with E-state index in [9.17, 15) is 4.21 Å².